The van der Waals surface area contributed by atoms with E-state index in [9.17, 15) is 4.79 Å². The molecule has 0 radical (unpaired) electrons. The molecule has 0 aromatic rings. The van der Waals surface area contributed by atoms with Crippen molar-refractivity contribution in [3.8, 4) is 0 Å². The van der Waals surface area contributed by atoms with Gasteiger partial charge in [0.1, 0.15) is 5.78 Å². The average Bonchev–Trinajstić information content (AvgIpc) is 2.68. The van der Waals surface area contributed by atoms with Crippen LogP contribution in [0, 0.1) is 0 Å². The highest BCUT2D eigenvalue weighted by Crippen LogP contribution is 2.42. The van der Waals surface area contributed by atoms with Crippen LogP contribution in [-0.2, 0) is 13.6 Å². The fourth-order valence-corrected chi connectivity index (χ4v) is 13.7. The molecule has 0 aliphatic carbocycles. The van der Waals surface area contributed by atoms with Crippen molar-refractivity contribution in [2.45, 2.75) is 135 Å². The molecule has 1 atom stereocenters. The average molecular weight is 457 g/mol. The van der Waals surface area contributed by atoms with E-state index in [1.807, 2.05) is 0 Å². The smallest absolute Gasteiger partial charge is 0.200 e. The molecule has 0 heterocycles. The first kappa shape index (κ1) is 29.8. The summed E-state index contributed by atoms with van der Waals surface area (Å²) in [4.78, 5) is 11.9. The SMILES string of the molecule is C=CCC(=O)CCC[C@@H](CCO[Si](C(C)C)(C(C)C)C(C)C)O[Si](CC)(CC)CC. The molecule has 0 aromatic carbocycles. The van der Waals surface area contributed by atoms with E-state index in [-0.39, 0.29) is 11.9 Å². The molecule has 0 saturated carbocycles. The summed E-state index contributed by atoms with van der Waals surface area (Å²) < 4.78 is 13.7. The quantitative estimate of drug-likeness (QED) is 0.154. The molecule has 0 saturated heterocycles. The van der Waals surface area contributed by atoms with Crippen molar-refractivity contribution < 1.29 is 13.6 Å². The lowest BCUT2D eigenvalue weighted by Gasteiger charge is -2.42. The summed E-state index contributed by atoms with van der Waals surface area (Å²) in [5.74, 6) is 0.288. The van der Waals surface area contributed by atoms with Crippen molar-refractivity contribution in [2.24, 2.45) is 0 Å². The first-order chi connectivity index (χ1) is 14.0. The predicted molar refractivity (Wildman–Crippen MR) is 137 cm³/mol. The van der Waals surface area contributed by atoms with Crippen molar-refractivity contribution in [2.75, 3.05) is 6.61 Å². The summed E-state index contributed by atoms with van der Waals surface area (Å²) >= 11 is 0. The lowest BCUT2D eigenvalue weighted by atomic mass is 10.1. The Morgan fingerprint density at radius 1 is 0.900 bits per heavy atom. The first-order valence-electron chi connectivity index (χ1n) is 12.5. The molecule has 0 aliphatic heterocycles. The van der Waals surface area contributed by atoms with Crippen LogP contribution in [0.15, 0.2) is 12.7 Å². The zero-order chi connectivity index (χ0) is 23.4. The Kier molecular flexibility index (Phi) is 14.6. The van der Waals surface area contributed by atoms with E-state index >= 15 is 0 Å². The Hall–Kier alpha value is -0.236. The molecule has 0 bridgehead atoms. The molecule has 0 unspecified atom stereocenters. The normalized spacial score (nSPS) is 14.0. The Bertz CT molecular complexity index is 455. The number of carbonyl (C=O) groups excluding carboxylic acids is 1. The second-order valence-corrected chi connectivity index (χ2v) is 20.0. The molecule has 30 heavy (non-hydrogen) atoms. The highest BCUT2D eigenvalue weighted by molar-refractivity contribution is 6.77. The van der Waals surface area contributed by atoms with E-state index in [1.165, 1.54) is 0 Å². The fourth-order valence-electron chi connectivity index (χ4n) is 5.27. The number of Topliss-reactive ketones (excluding diaryl/α,β-unsaturated/α-hetero) is 1. The lowest BCUT2D eigenvalue weighted by Crippen LogP contribution is -2.48. The van der Waals surface area contributed by atoms with Gasteiger partial charge in [0.2, 0.25) is 0 Å². The van der Waals surface area contributed by atoms with Crippen LogP contribution in [0.2, 0.25) is 34.8 Å². The van der Waals surface area contributed by atoms with Gasteiger partial charge >= 0.3 is 0 Å². The highest BCUT2D eigenvalue weighted by atomic mass is 28.4. The maximum absolute atomic E-state index is 11.9. The van der Waals surface area contributed by atoms with Crippen LogP contribution >= 0.6 is 0 Å². The molecule has 0 N–H and O–H groups in total. The number of rotatable bonds is 18. The predicted octanol–water partition coefficient (Wildman–Crippen LogP) is 8.27. The van der Waals surface area contributed by atoms with Crippen molar-refractivity contribution >= 4 is 22.4 Å². The van der Waals surface area contributed by atoms with Crippen molar-refractivity contribution in [1.29, 1.82) is 0 Å². The molecule has 0 spiro atoms. The second kappa shape index (κ2) is 14.8. The minimum Gasteiger partial charge on any atom is -0.416 e. The molecule has 3 nitrogen and oxygen atoms in total. The Morgan fingerprint density at radius 2 is 1.40 bits per heavy atom. The zero-order valence-corrected chi connectivity index (χ0v) is 23.7. The Labute approximate surface area is 190 Å². The molecule has 0 rings (SSSR count). The molecule has 0 fully saturated rings. The van der Waals surface area contributed by atoms with Crippen LogP contribution in [0.4, 0.5) is 0 Å². The molecule has 0 aliphatic rings. The van der Waals surface area contributed by atoms with Gasteiger partial charge in [0, 0.05) is 25.6 Å². The van der Waals surface area contributed by atoms with E-state index in [0.29, 0.717) is 29.5 Å². The largest absolute Gasteiger partial charge is 0.416 e. The van der Waals surface area contributed by atoms with Gasteiger partial charge in [-0.25, -0.2) is 0 Å². The summed E-state index contributed by atoms with van der Waals surface area (Å²) in [5.41, 5.74) is 1.80. The minimum absolute atomic E-state index is 0.214. The van der Waals surface area contributed by atoms with Gasteiger partial charge in [0.05, 0.1) is 0 Å². The number of ketones is 1. The summed E-state index contributed by atoms with van der Waals surface area (Å²) in [6.07, 6.45) is 5.85. The molecule has 178 valence electrons. The van der Waals surface area contributed by atoms with E-state index in [4.69, 9.17) is 8.85 Å². The maximum Gasteiger partial charge on any atom is 0.200 e. The van der Waals surface area contributed by atoms with Crippen LogP contribution in [0.3, 0.4) is 0 Å². The molecular formula is C25H52O3Si2. The molecule has 0 amide bonds. The maximum atomic E-state index is 11.9. The van der Waals surface area contributed by atoms with Gasteiger partial charge in [-0.1, -0.05) is 68.4 Å². The third-order valence-corrected chi connectivity index (χ3v) is 18.0. The third-order valence-electron chi connectivity index (χ3n) is 7.20. The lowest BCUT2D eigenvalue weighted by molar-refractivity contribution is -0.118. The van der Waals surface area contributed by atoms with E-state index in [0.717, 1.165) is 44.0 Å². The van der Waals surface area contributed by atoms with E-state index in [1.54, 1.807) is 6.08 Å². The number of carbonyl (C=O) groups is 1. The standard InChI is InChI=1S/C25H52O3Si2/c1-11-16-24(26)17-15-18-25(28-29(12-2,13-3)14-4)19-20-27-30(21(5)6,22(7)8)23(9)10/h11,21-23,25H,1,12-20H2,2-10H3/t25-/m0/s1. The van der Waals surface area contributed by atoms with Gasteiger partial charge in [-0.15, -0.1) is 6.58 Å². The van der Waals surface area contributed by atoms with Crippen LogP contribution in [0.25, 0.3) is 0 Å². The van der Waals surface area contributed by atoms with Crippen molar-refractivity contribution in [3.05, 3.63) is 12.7 Å². The molecule has 5 heteroatoms. The minimum atomic E-state index is -1.85. The number of allylic oxidation sites excluding steroid dienone is 1. The molecular weight excluding hydrogens is 404 g/mol. The highest BCUT2D eigenvalue weighted by Gasteiger charge is 2.45. The Morgan fingerprint density at radius 3 is 1.80 bits per heavy atom. The van der Waals surface area contributed by atoms with Gasteiger partial charge < -0.3 is 8.85 Å². The van der Waals surface area contributed by atoms with Gasteiger partial charge in [0.15, 0.2) is 16.6 Å². The van der Waals surface area contributed by atoms with Crippen LogP contribution in [-0.4, -0.2) is 35.1 Å². The summed E-state index contributed by atoms with van der Waals surface area (Å²) in [6, 6.07) is 3.49. The van der Waals surface area contributed by atoms with Gasteiger partial charge in [-0.3, -0.25) is 4.79 Å². The molecule has 0 aromatic heterocycles. The topological polar surface area (TPSA) is 35.5 Å². The van der Waals surface area contributed by atoms with Crippen molar-refractivity contribution in [3.63, 3.8) is 0 Å². The monoisotopic (exact) mass is 456 g/mol. The van der Waals surface area contributed by atoms with Gasteiger partial charge in [-0.05, 0) is 54.0 Å². The Balaban J connectivity index is 5.22. The van der Waals surface area contributed by atoms with Gasteiger partial charge in [0.25, 0.3) is 0 Å². The van der Waals surface area contributed by atoms with Crippen LogP contribution in [0.5, 0.6) is 0 Å². The summed E-state index contributed by atoms with van der Waals surface area (Å²) in [6.45, 7) is 25.4. The second-order valence-electron chi connectivity index (χ2n) is 9.86. The van der Waals surface area contributed by atoms with Gasteiger partial charge in [-0.2, -0.15) is 0 Å². The summed E-state index contributed by atoms with van der Waals surface area (Å²) in [5, 5.41) is 0. The summed E-state index contributed by atoms with van der Waals surface area (Å²) in [7, 11) is -3.53. The zero-order valence-electron chi connectivity index (χ0n) is 21.7. The third kappa shape index (κ3) is 8.72. The fraction of sp³-hybridized carbons (Fsp3) is 0.880. The number of hydrogen-bond acceptors (Lipinski definition) is 3. The van der Waals surface area contributed by atoms with E-state index < -0.39 is 16.6 Å². The first-order valence-corrected chi connectivity index (χ1v) is 17.2. The van der Waals surface area contributed by atoms with Crippen molar-refractivity contribution in [1.82, 2.24) is 0 Å². The van der Waals surface area contributed by atoms with Crippen LogP contribution < -0.4 is 0 Å². The van der Waals surface area contributed by atoms with E-state index in [2.05, 4.69) is 68.9 Å². The number of hydrogen-bond donors (Lipinski definition) is 0. The van der Waals surface area contributed by atoms with Crippen LogP contribution in [0.1, 0.15) is 94.4 Å².